The highest BCUT2D eigenvalue weighted by Gasteiger charge is 2.17. The van der Waals surface area contributed by atoms with Crippen LogP contribution in [0, 0.1) is 10.1 Å². The highest BCUT2D eigenvalue weighted by atomic mass is 35.5. The fraction of sp³-hybridized carbons (Fsp3) is 0.467. The fourth-order valence-electron chi connectivity index (χ4n) is 1.71. The number of halogens is 1. The van der Waals surface area contributed by atoms with Crippen LogP contribution in [0.2, 0.25) is 5.02 Å². The summed E-state index contributed by atoms with van der Waals surface area (Å²) in [5.41, 5.74) is -0.228. The Hall–Kier alpha value is -2.19. The zero-order valence-electron chi connectivity index (χ0n) is 13.3. The van der Waals surface area contributed by atoms with Crippen molar-refractivity contribution in [2.24, 2.45) is 0 Å². The molecule has 0 aliphatic carbocycles. The molecule has 0 bridgehead atoms. The average Bonchev–Trinajstić information content (AvgIpc) is 2.55. The summed E-state index contributed by atoms with van der Waals surface area (Å²) >= 11 is 5.85. The summed E-state index contributed by atoms with van der Waals surface area (Å²) in [5.74, 6) is -1.78. The molecular weight excluding hydrogens is 338 g/mol. The Labute approximate surface area is 144 Å². The largest absolute Gasteiger partial charge is 0.381 e. The molecule has 0 fully saturated rings. The van der Waals surface area contributed by atoms with Gasteiger partial charge in [-0.05, 0) is 18.9 Å². The number of nitrogens with one attached hydrogen (secondary N) is 2. The smallest absolute Gasteiger partial charge is 0.313 e. The molecule has 1 aromatic carbocycles. The number of carbonyl (C=O) groups excluding carboxylic acids is 2. The van der Waals surface area contributed by atoms with E-state index in [9.17, 15) is 19.7 Å². The second kappa shape index (κ2) is 10.6. The molecule has 0 atom stereocenters. The first-order valence-electron chi connectivity index (χ1n) is 7.56. The Morgan fingerprint density at radius 1 is 1.25 bits per heavy atom. The van der Waals surface area contributed by atoms with E-state index in [0.717, 1.165) is 18.9 Å². The fourth-order valence-corrected chi connectivity index (χ4v) is 1.87. The van der Waals surface area contributed by atoms with Gasteiger partial charge in [-0.3, -0.25) is 19.7 Å². The van der Waals surface area contributed by atoms with Crippen LogP contribution in [0.3, 0.4) is 0 Å². The number of amides is 2. The highest BCUT2D eigenvalue weighted by Crippen LogP contribution is 2.26. The summed E-state index contributed by atoms with van der Waals surface area (Å²) in [6, 6.07) is 3.58. The van der Waals surface area contributed by atoms with Crippen LogP contribution in [0.4, 0.5) is 11.4 Å². The number of hydrogen-bond acceptors (Lipinski definition) is 5. The summed E-state index contributed by atoms with van der Waals surface area (Å²) in [6.45, 7) is 3.53. The first-order valence-corrected chi connectivity index (χ1v) is 7.94. The summed E-state index contributed by atoms with van der Waals surface area (Å²) in [7, 11) is 0. The summed E-state index contributed by atoms with van der Waals surface area (Å²) in [5, 5.41) is 15.5. The zero-order valence-corrected chi connectivity index (χ0v) is 14.1. The van der Waals surface area contributed by atoms with Gasteiger partial charge in [0, 0.05) is 31.9 Å². The van der Waals surface area contributed by atoms with Crippen molar-refractivity contribution in [3.63, 3.8) is 0 Å². The second-order valence-electron chi connectivity index (χ2n) is 4.95. The number of rotatable bonds is 9. The molecule has 2 amide bonds. The van der Waals surface area contributed by atoms with Gasteiger partial charge >= 0.3 is 11.8 Å². The summed E-state index contributed by atoms with van der Waals surface area (Å²) in [4.78, 5) is 33.5. The van der Waals surface area contributed by atoms with Crippen LogP contribution in [0.1, 0.15) is 26.2 Å². The van der Waals surface area contributed by atoms with Gasteiger partial charge in [-0.15, -0.1) is 0 Å². The molecule has 1 rings (SSSR count). The molecule has 24 heavy (non-hydrogen) atoms. The molecule has 0 radical (unpaired) electrons. The van der Waals surface area contributed by atoms with E-state index < -0.39 is 16.7 Å². The molecule has 8 nitrogen and oxygen atoms in total. The Balaban J connectivity index is 2.40. The minimum Gasteiger partial charge on any atom is -0.381 e. The molecule has 9 heteroatoms. The van der Waals surface area contributed by atoms with Crippen molar-refractivity contribution < 1.29 is 19.2 Å². The summed E-state index contributed by atoms with van der Waals surface area (Å²) < 4.78 is 5.33. The number of unbranched alkanes of at least 4 members (excludes halogenated alkanes) is 1. The minimum atomic E-state index is -0.940. The first kappa shape index (κ1) is 19.9. The lowest BCUT2D eigenvalue weighted by Gasteiger charge is -2.08. The van der Waals surface area contributed by atoms with Crippen molar-refractivity contribution >= 4 is 34.8 Å². The van der Waals surface area contributed by atoms with Gasteiger partial charge < -0.3 is 15.4 Å². The predicted octanol–water partition coefficient (Wildman–Crippen LogP) is 2.51. The van der Waals surface area contributed by atoms with E-state index in [4.69, 9.17) is 16.3 Å². The van der Waals surface area contributed by atoms with Crippen LogP contribution in [-0.4, -0.2) is 36.5 Å². The molecule has 0 heterocycles. The lowest BCUT2D eigenvalue weighted by molar-refractivity contribution is -0.384. The number of hydrogen-bond donors (Lipinski definition) is 2. The van der Waals surface area contributed by atoms with E-state index in [1.165, 1.54) is 12.1 Å². The van der Waals surface area contributed by atoms with Gasteiger partial charge in [0.1, 0.15) is 0 Å². The molecule has 0 saturated carbocycles. The number of carbonyl (C=O) groups is 2. The van der Waals surface area contributed by atoms with E-state index in [1.807, 2.05) is 0 Å². The van der Waals surface area contributed by atoms with Crippen LogP contribution < -0.4 is 10.6 Å². The van der Waals surface area contributed by atoms with Crippen molar-refractivity contribution in [3.8, 4) is 0 Å². The number of anilines is 1. The maximum absolute atomic E-state index is 11.8. The van der Waals surface area contributed by atoms with E-state index in [1.54, 1.807) is 0 Å². The van der Waals surface area contributed by atoms with Gasteiger partial charge in [0.25, 0.3) is 5.69 Å². The Bertz CT molecular complexity index is 594. The van der Waals surface area contributed by atoms with E-state index in [-0.39, 0.29) is 16.4 Å². The molecule has 0 aliphatic heterocycles. The second-order valence-corrected chi connectivity index (χ2v) is 5.36. The van der Waals surface area contributed by atoms with Crippen molar-refractivity contribution in [1.82, 2.24) is 5.32 Å². The monoisotopic (exact) mass is 357 g/mol. The van der Waals surface area contributed by atoms with Gasteiger partial charge in [0.2, 0.25) is 0 Å². The Morgan fingerprint density at radius 2 is 1.96 bits per heavy atom. The highest BCUT2D eigenvalue weighted by molar-refractivity contribution is 6.41. The summed E-state index contributed by atoms with van der Waals surface area (Å²) in [6.07, 6.45) is 2.62. The predicted molar refractivity (Wildman–Crippen MR) is 90.1 cm³/mol. The van der Waals surface area contributed by atoms with Crippen LogP contribution in [0.5, 0.6) is 0 Å². The van der Waals surface area contributed by atoms with Gasteiger partial charge in [-0.25, -0.2) is 0 Å². The zero-order chi connectivity index (χ0) is 17.9. The number of nitrogens with zero attached hydrogens (tertiary/aromatic N) is 1. The molecule has 0 aromatic heterocycles. The lowest BCUT2D eigenvalue weighted by Crippen LogP contribution is -2.36. The van der Waals surface area contributed by atoms with Crippen LogP contribution in [0.25, 0.3) is 0 Å². The van der Waals surface area contributed by atoms with Crippen molar-refractivity contribution in [2.45, 2.75) is 26.2 Å². The quantitative estimate of drug-likeness (QED) is 0.305. The first-order chi connectivity index (χ1) is 11.5. The van der Waals surface area contributed by atoms with Crippen molar-refractivity contribution in [3.05, 3.63) is 33.3 Å². The number of ether oxygens (including phenoxy) is 1. The van der Waals surface area contributed by atoms with Gasteiger partial charge in [-0.1, -0.05) is 24.9 Å². The molecule has 0 unspecified atom stereocenters. The number of non-ortho nitro benzene ring substituents is 1. The van der Waals surface area contributed by atoms with E-state index >= 15 is 0 Å². The van der Waals surface area contributed by atoms with Gasteiger partial charge in [0.05, 0.1) is 15.6 Å². The minimum absolute atomic E-state index is 0.00826. The van der Waals surface area contributed by atoms with Gasteiger partial charge in [0.15, 0.2) is 0 Å². The topological polar surface area (TPSA) is 111 Å². The molecule has 0 saturated heterocycles. The molecule has 0 aliphatic rings. The molecule has 1 aromatic rings. The molecule has 0 spiro atoms. The number of nitro benzene ring substituents is 1. The van der Waals surface area contributed by atoms with Crippen molar-refractivity contribution in [2.75, 3.05) is 25.1 Å². The third-order valence-electron chi connectivity index (χ3n) is 3.01. The normalized spacial score (nSPS) is 10.2. The maximum Gasteiger partial charge on any atom is 0.313 e. The maximum atomic E-state index is 11.8. The van der Waals surface area contributed by atoms with Crippen LogP contribution >= 0.6 is 11.6 Å². The SMILES string of the molecule is CCCCOCCCNC(=O)C(=O)Nc1cc([N+](=O)[O-])ccc1Cl. The number of benzene rings is 1. The standard InChI is InChI=1S/C15H20ClN3O5/c1-2-3-8-24-9-4-7-17-14(20)15(21)18-13-10-11(19(22)23)5-6-12(13)16/h5-6,10H,2-4,7-9H2,1H3,(H,17,20)(H,18,21). The van der Waals surface area contributed by atoms with E-state index in [0.29, 0.717) is 26.2 Å². The van der Waals surface area contributed by atoms with Crippen LogP contribution in [0.15, 0.2) is 18.2 Å². The molecule has 2 N–H and O–H groups in total. The van der Waals surface area contributed by atoms with E-state index in [2.05, 4.69) is 17.6 Å². The lowest BCUT2D eigenvalue weighted by atomic mass is 10.2. The molecule has 132 valence electrons. The van der Waals surface area contributed by atoms with Crippen molar-refractivity contribution in [1.29, 1.82) is 0 Å². The number of nitro groups is 1. The third kappa shape index (κ3) is 6.93. The van der Waals surface area contributed by atoms with Crippen LogP contribution in [-0.2, 0) is 14.3 Å². The Morgan fingerprint density at radius 3 is 2.62 bits per heavy atom. The third-order valence-corrected chi connectivity index (χ3v) is 3.34. The van der Waals surface area contributed by atoms with Gasteiger partial charge in [-0.2, -0.15) is 0 Å². The molecular formula is C15H20ClN3O5. The Kier molecular flexibility index (Phi) is 8.74. The average molecular weight is 358 g/mol.